The summed E-state index contributed by atoms with van der Waals surface area (Å²) in [6.07, 6.45) is 0. The molecule has 6 heteroatoms. The maximum absolute atomic E-state index is 13.3. The van der Waals surface area contributed by atoms with E-state index in [0.717, 1.165) is 6.07 Å². The van der Waals surface area contributed by atoms with Crippen LogP contribution in [0, 0.1) is 11.6 Å². The van der Waals surface area contributed by atoms with Crippen molar-refractivity contribution in [2.24, 2.45) is 0 Å². The minimum absolute atomic E-state index is 0.176. The number of anilines is 2. The summed E-state index contributed by atoms with van der Waals surface area (Å²) in [6, 6.07) is 2.43. The van der Waals surface area contributed by atoms with Crippen molar-refractivity contribution in [1.29, 1.82) is 0 Å². The molecule has 0 saturated carbocycles. The predicted molar refractivity (Wildman–Crippen MR) is 58.7 cm³/mol. The molecule has 1 aromatic rings. The SMILES string of the molecule is COCCSNc1ccc(F)c(N)c1F. The van der Waals surface area contributed by atoms with Crippen LogP contribution in [-0.4, -0.2) is 19.5 Å². The smallest absolute Gasteiger partial charge is 0.172 e. The molecule has 1 rings (SSSR count). The Morgan fingerprint density at radius 3 is 2.87 bits per heavy atom. The highest BCUT2D eigenvalue weighted by Crippen LogP contribution is 2.24. The van der Waals surface area contributed by atoms with E-state index in [2.05, 4.69) is 4.72 Å². The number of halogens is 2. The Labute approximate surface area is 91.1 Å². The first-order valence-corrected chi connectivity index (χ1v) is 5.25. The van der Waals surface area contributed by atoms with Crippen LogP contribution in [0.5, 0.6) is 0 Å². The second-order valence-corrected chi connectivity index (χ2v) is 3.67. The molecule has 0 aliphatic carbocycles. The van der Waals surface area contributed by atoms with Crippen LogP contribution in [0.25, 0.3) is 0 Å². The van der Waals surface area contributed by atoms with Gasteiger partial charge in [-0.2, -0.15) is 0 Å². The van der Waals surface area contributed by atoms with E-state index in [-0.39, 0.29) is 5.69 Å². The van der Waals surface area contributed by atoms with Gasteiger partial charge in [-0.25, -0.2) is 8.78 Å². The zero-order chi connectivity index (χ0) is 11.3. The fraction of sp³-hybridized carbons (Fsp3) is 0.333. The van der Waals surface area contributed by atoms with Crippen molar-refractivity contribution in [3.63, 3.8) is 0 Å². The summed E-state index contributed by atoms with van der Waals surface area (Å²) in [5.74, 6) is -0.854. The van der Waals surface area contributed by atoms with E-state index in [1.54, 1.807) is 7.11 Å². The fourth-order valence-corrected chi connectivity index (χ4v) is 1.57. The average molecular weight is 234 g/mol. The minimum Gasteiger partial charge on any atom is -0.394 e. The summed E-state index contributed by atoms with van der Waals surface area (Å²) in [6.45, 7) is 0.552. The molecule has 0 heterocycles. The lowest BCUT2D eigenvalue weighted by Gasteiger charge is -2.08. The van der Waals surface area contributed by atoms with Crippen LogP contribution in [0.3, 0.4) is 0 Å². The maximum Gasteiger partial charge on any atom is 0.172 e. The van der Waals surface area contributed by atoms with Gasteiger partial charge in [0.2, 0.25) is 0 Å². The number of hydrogen-bond acceptors (Lipinski definition) is 4. The van der Waals surface area contributed by atoms with Crippen molar-refractivity contribution in [1.82, 2.24) is 0 Å². The number of nitrogens with two attached hydrogens (primary N) is 1. The molecule has 0 spiro atoms. The van der Waals surface area contributed by atoms with Crippen LogP contribution in [0.1, 0.15) is 0 Å². The Balaban J connectivity index is 2.58. The first-order valence-electron chi connectivity index (χ1n) is 4.27. The van der Waals surface area contributed by atoms with Crippen molar-refractivity contribution < 1.29 is 13.5 Å². The molecule has 15 heavy (non-hydrogen) atoms. The molecule has 0 aliphatic rings. The Morgan fingerprint density at radius 1 is 1.47 bits per heavy atom. The molecule has 1 aromatic carbocycles. The molecule has 0 saturated heterocycles. The van der Waals surface area contributed by atoms with Gasteiger partial charge in [0, 0.05) is 12.9 Å². The summed E-state index contributed by atoms with van der Waals surface area (Å²) < 4.78 is 33.6. The van der Waals surface area contributed by atoms with Crippen molar-refractivity contribution >= 4 is 23.3 Å². The third-order valence-electron chi connectivity index (χ3n) is 1.70. The second kappa shape index (κ2) is 5.77. The lowest BCUT2D eigenvalue weighted by molar-refractivity contribution is 0.219. The van der Waals surface area contributed by atoms with E-state index in [9.17, 15) is 8.78 Å². The van der Waals surface area contributed by atoms with Gasteiger partial charge in [0.25, 0.3) is 0 Å². The van der Waals surface area contributed by atoms with Crippen molar-refractivity contribution in [3.8, 4) is 0 Å². The number of nitrogens with one attached hydrogen (secondary N) is 1. The van der Waals surface area contributed by atoms with Crippen molar-refractivity contribution in [3.05, 3.63) is 23.8 Å². The highest BCUT2D eigenvalue weighted by Gasteiger charge is 2.09. The van der Waals surface area contributed by atoms with Gasteiger partial charge < -0.3 is 15.2 Å². The first-order chi connectivity index (χ1) is 7.16. The van der Waals surface area contributed by atoms with Crippen LogP contribution < -0.4 is 10.5 Å². The average Bonchev–Trinajstić information content (AvgIpc) is 2.24. The summed E-state index contributed by atoms with van der Waals surface area (Å²) in [4.78, 5) is 0. The molecule has 0 amide bonds. The number of rotatable bonds is 5. The largest absolute Gasteiger partial charge is 0.394 e. The van der Waals surface area contributed by atoms with Gasteiger partial charge in [0.1, 0.15) is 11.5 Å². The molecule has 0 fully saturated rings. The number of ether oxygens (including phenoxy) is 1. The molecule has 0 bridgehead atoms. The quantitative estimate of drug-likeness (QED) is 0.466. The number of methoxy groups -OCH3 is 1. The highest BCUT2D eigenvalue weighted by molar-refractivity contribution is 8.00. The van der Waals surface area contributed by atoms with Crippen LogP contribution in [-0.2, 0) is 4.74 Å². The third-order valence-corrected chi connectivity index (χ3v) is 2.43. The monoisotopic (exact) mass is 234 g/mol. The minimum atomic E-state index is -0.764. The maximum atomic E-state index is 13.3. The van der Waals surface area contributed by atoms with Gasteiger partial charge in [0.05, 0.1) is 12.3 Å². The standard InChI is InChI=1S/C9H12F2N2OS/c1-14-4-5-15-13-7-3-2-6(10)9(12)8(7)11/h2-3,13H,4-5,12H2,1H3. The third kappa shape index (κ3) is 3.24. The molecule has 0 aromatic heterocycles. The predicted octanol–water partition coefficient (Wildman–Crippen LogP) is 2.25. The number of benzene rings is 1. The summed E-state index contributed by atoms with van der Waals surface area (Å²) in [5, 5.41) is 0. The van der Waals surface area contributed by atoms with Gasteiger partial charge in [-0.15, -0.1) is 0 Å². The molecule has 0 unspecified atom stereocenters. The molecular weight excluding hydrogens is 222 g/mol. The summed E-state index contributed by atoms with van der Waals surface area (Å²) >= 11 is 1.27. The normalized spacial score (nSPS) is 10.3. The van der Waals surface area contributed by atoms with Gasteiger partial charge in [0.15, 0.2) is 5.82 Å². The van der Waals surface area contributed by atoms with E-state index in [4.69, 9.17) is 10.5 Å². The Kier molecular flexibility index (Phi) is 4.64. The van der Waals surface area contributed by atoms with E-state index in [1.807, 2.05) is 0 Å². The number of nitrogen functional groups attached to an aromatic ring is 1. The van der Waals surface area contributed by atoms with Crippen molar-refractivity contribution in [2.75, 3.05) is 29.9 Å². The van der Waals surface area contributed by atoms with Crippen molar-refractivity contribution in [2.45, 2.75) is 0 Å². The summed E-state index contributed by atoms with van der Waals surface area (Å²) in [5.41, 5.74) is 4.90. The topological polar surface area (TPSA) is 47.3 Å². The van der Waals surface area contributed by atoms with E-state index in [0.29, 0.717) is 12.4 Å². The Morgan fingerprint density at radius 2 is 2.20 bits per heavy atom. The highest BCUT2D eigenvalue weighted by atomic mass is 32.2. The molecule has 0 atom stereocenters. The van der Waals surface area contributed by atoms with Gasteiger partial charge >= 0.3 is 0 Å². The number of hydrogen-bond donors (Lipinski definition) is 2. The van der Waals surface area contributed by atoms with Gasteiger partial charge in [-0.05, 0) is 12.1 Å². The van der Waals surface area contributed by atoms with Crippen LogP contribution in [0.2, 0.25) is 0 Å². The van der Waals surface area contributed by atoms with Crippen LogP contribution >= 0.6 is 11.9 Å². The van der Waals surface area contributed by atoms with Crippen LogP contribution in [0.4, 0.5) is 20.2 Å². The zero-order valence-electron chi connectivity index (χ0n) is 8.22. The molecule has 3 N–H and O–H groups in total. The van der Waals surface area contributed by atoms with E-state index < -0.39 is 17.3 Å². The van der Waals surface area contributed by atoms with Crippen LogP contribution in [0.15, 0.2) is 12.1 Å². The zero-order valence-corrected chi connectivity index (χ0v) is 9.04. The Bertz CT molecular complexity index is 336. The fourth-order valence-electron chi connectivity index (χ4n) is 0.902. The Hall–Kier alpha value is -1.01. The van der Waals surface area contributed by atoms with E-state index in [1.165, 1.54) is 18.0 Å². The lowest BCUT2D eigenvalue weighted by atomic mass is 10.2. The van der Waals surface area contributed by atoms with Gasteiger partial charge in [-0.3, -0.25) is 0 Å². The molecular formula is C9H12F2N2OS. The summed E-state index contributed by atoms with van der Waals surface area (Å²) in [7, 11) is 1.58. The molecule has 0 radical (unpaired) electrons. The van der Waals surface area contributed by atoms with Gasteiger partial charge in [-0.1, -0.05) is 11.9 Å². The lowest BCUT2D eigenvalue weighted by Crippen LogP contribution is -2.01. The molecule has 3 nitrogen and oxygen atoms in total. The second-order valence-electron chi connectivity index (χ2n) is 2.77. The molecule has 84 valence electrons. The molecule has 0 aliphatic heterocycles. The van der Waals surface area contributed by atoms with E-state index >= 15 is 0 Å². The first kappa shape index (κ1) is 12.1.